The Labute approximate surface area is 117 Å². The van der Waals surface area contributed by atoms with Crippen molar-refractivity contribution in [3.05, 3.63) is 64.7 Å². The molecule has 0 aromatic heterocycles. The number of halogens is 2. The lowest BCUT2D eigenvalue weighted by molar-refractivity contribution is 0.573. The first-order chi connectivity index (χ1) is 9.52. The Morgan fingerprint density at radius 3 is 2.25 bits per heavy atom. The third kappa shape index (κ3) is 2.96. The van der Waals surface area contributed by atoms with E-state index in [1.54, 1.807) is 11.9 Å². The number of nitrogens with two attached hydrogens (primary N) is 1. The number of nitrogens with zero attached hydrogens (tertiary/aromatic N) is 1. The topological polar surface area (TPSA) is 29.3 Å². The lowest BCUT2D eigenvalue weighted by Crippen LogP contribution is -2.20. The summed E-state index contributed by atoms with van der Waals surface area (Å²) in [5, 5.41) is 0. The number of benzene rings is 2. The van der Waals surface area contributed by atoms with Gasteiger partial charge >= 0.3 is 0 Å². The highest BCUT2D eigenvalue weighted by Crippen LogP contribution is 2.25. The van der Waals surface area contributed by atoms with E-state index < -0.39 is 11.6 Å². The smallest absolute Gasteiger partial charge is 0.149 e. The van der Waals surface area contributed by atoms with E-state index >= 15 is 0 Å². The zero-order chi connectivity index (χ0) is 14.7. The van der Waals surface area contributed by atoms with Gasteiger partial charge in [0, 0.05) is 20.1 Å². The molecule has 106 valence electrons. The molecule has 0 saturated heterocycles. The molecule has 2 aromatic rings. The van der Waals surface area contributed by atoms with Crippen molar-refractivity contribution in [3.63, 3.8) is 0 Å². The van der Waals surface area contributed by atoms with Crippen LogP contribution in [-0.4, -0.2) is 7.05 Å². The summed E-state index contributed by atoms with van der Waals surface area (Å²) in [7, 11) is 1.68. The van der Waals surface area contributed by atoms with Crippen LogP contribution in [0.15, 0.2) is 36.4 Å². The maximum Gasteiger partial charge on any atom is 0.149 e. The van der Waals surface area contributed by atoms with Gasteiger partial charge in [-0.25, -0.2) is 8.78 Å². The Morgan fingerprint density at radius 2 is 1.70 bits per heavy atom. The Morgan fingerprint density at radius 1 is 1.10 bits per heavy atom. The van der Waals surface area contributed by atoms with Crippen molar-refractivity contribution < 1.29 is 8.78 Å². The zero-order valence-electron chi connectivity index (χ0n) is 11.7. The van der Waals surface area contributed by atoms with E-state index in [4.69, 9.17) is 5.73 Å². The van der Waals surface area contributed by atoms with Crippen LogP contribution in [0.2, 0.25) is 0 Å². The number of hydrogen-bond donors (Lipinski definition) is 1. The van der Waals surface area contributed by atoms with Crippen LogP contribution >= 0.6 is 0 Å². The van der Waals surface area contributed by atoms with Gasteiger partial charge in [0.05, 0.1) is 0 Å². The molecule has 0 atom stereocenters. The normalized spacial score (nSPS) is 10.7. The molecule has 0 unspecified atom stereocenters. The summed E-state index contributed by atoms with van der Waals surface area (Å²) in [4.78, 5) is 1.58. The quantitative estimate of drug-likeness (QED) is 0.927. The van der Waals surface area contributed by atoms with Gasteiger partial charge in [-0.2, -0.15) is 0 Å². The van der Waals surface area contributed by atoms with Crippen LogP contribution in [-0.2, 0) is 13.1 Å². The first kappa shape index (κ1) is 14.5. The summed E-state index contributed by atoms with van der Waals surface area (Å²) in [5.74, 6) is -1.16. The first-order valence-electron chi connectivity index (χ1n) is 6.46. The molecule has 0 heterocycles. The molecule has 0 fully saturated rings. The molecular formula is C16H18F2N2. The predicted octanol–water partition coefficient (Wildman–Crippen LogP) is 3.37. The molecule has 0 amide bonds. The fraction of sp³-hybridized carbons (Fsp3) is 0.250. The summed E-state index contributed by atoms with van der Waals surface area (Å²) in [5.41, 5.74) is 7.97. The summed E-state index contributed by atoms with van der Waals surface area (Å²) >= 11 is 0. The van der Waals surface area contributed by atoms with Crippen LogP contribution in [0.1, 0.15) is 16.7 Å². The van der Waals surface area contributed by atoms with Crippen molar-refractivity contribution in [2.45, 2.75) is 20.0 Å². The van der Waals surface area contributed by atoms with E-state index in [2.05, 4.69) is 0 Å². The van der Waals surface area contributed by atoms with Crippen molar-refractivity contribution in [1.82, 2.24) is 0 Å². The minimum atomic E-state index is -0.582. The molecule has 0 saturated carbocycles. The van der Waals surface area contributed by atoms with Gasteiger partial charge in [0.15, 0.2) is 0 Å². The Balaban J connectivity index is 2.30. The predicted molar refractivity (Wildman–Crippen MR) is 77.5 cm³/mol. The van der Waals surface area contributed by atoms with Crippen molar-refractivity contribution >= 4 is 5.69 Å². The van der Waals surface area contributed by atoms with Gasteiger partial charge < -0.3 is 10.6 Å². The second-order valence-corrected chi connectivity index (χ2v) is 4.89. The van der Waals surface area contributed by atoms with Gasteiger partial charge in [0.2, 0.25) is 0 Å². The van der Waals surface area contributed by atoms with E-state index in [9.17, 15) is 8.78 Å². The van der Waals surface area contributed by atoms with Gasteiger partial charge in [-0.3, -0.25) is 0 Å². The summed E-state index contributed by atoms with van der Waals surface area (Å²) in [6.07, 6.45) is 0. The van der Waals surface area contributed by atoms with Crippen LogP contribution in [0.5, 0.6) is 0 Å². The van der Waals surface area contributed by atoms with Crippen molar-refractivity contribution in [2.24, 2.45) is 5.73 Å². The third-order valence-corrected chi connectivity index (χ3v) is 3.36. The van der Waals surface area contributed by atoms with E-state index in [1.165, 1.54) is 12.1 Å². The number of aryl methyl sites for hydroxylation is 1. The van der Waals surface area contributed by atoms with Gasteiger partial charge in [-0.15, -0.1) is 0 Å². The van der Waals surface area contributed by atoms with Crippen molar-refractivity contribution in [2.75, 3.05) is 11.9 Å². The fourth-order valence-electron chi connectivity index (χ4n) is 2.22. The zero-order valence-corrected chi connectivity index (χ0v) is 11.7. The molecular weight excluding hydrogens is 258 g/mol. The second kappa shape index (κ2) is 6.01. The standard InChI is InChI=1S/C16H18F2N2/c1-11-5-3-4-6-13(11)10-20(2)16-14(17)7-12(9-19)8-15(16)18/h3-8H,9-10,19H2,1-2H3. The van der Waals surface area contributed by atoms with Crippen LogP contribution in [0, 0.1) is 18.6 Å². The van der Waals surface area contributed by atoms with E-state index in [-0.39, 0.29) is 12.2 Å². The third-order valence-electron chi connectivity index (χ3n) is 3.36. The molecule has 0 aliphatic heterocycles. The second-order valence-electron chi connectivity index (χ2n) is 4.89. The van der Waals surface area contributed by atoms with Crippen LogP contribution < -0.4 is 10.6 Å². The van der Waals surface area contributed by atoms with E-state index in [1.807, 2.05) is 31.2 Å². The van der Waals surface area contributed by atoms with Gasteiger partial charge in [0.25, 0.3) is 0 Å². The summed E-state index contributed by atoms with van der Waals surface area (Å²) < 4.78 is 28.0. The fourth-order valence-corrected chi connectivity index (χ4v) is 2.22. The van der Waals surface area contributed by atoms with Gasteiger partial charge in [-0.05, 0) is 35.7 Å². The monoisotopic (exact) mass is 276 g/mol. The lowest BCUT2D eigenvalue weighted by Gasteiger charge is -2.22. The molecule has 0 aliphatic rings. The Kier molecular flexibility index (Phi) is 4.35. The Hall–Kier alpha value is -1.94. The summed E-state index contributed by atoms with van der Waals surface area (Å²) in [6, 6.07) is 10.4. The molecule has 20 heavy (non-hydrogen) atoms. The highest BCUT2D eigenvalue weighted by molar-refractivity contribution is 5.51. The van der Waals surface area contributed by atoms with Crippen molar-refractivity contribution in [3.8, 4) is 0 Å². The summed E-state index contributed by atoms with van der Waals surface area (Å²) in [6.45, 7) is 2.55. The first-order valence-corrected chi connectivity index (χ1v) is 6.46. The maximum absolute atomic E-state index is 14.0. The van der Waals surface area contributed by atoms with Crippen molar-refractivity contribution in [1.29, 1.82) is 0 Å². The number of hydrogen-bond acceptors (Lipinski definition) is 2. The molecule has 4 heteroatoms. The molecule has 2 nitrogen and oxygen atoms in total. The maximum atomic E-state index is 14.0. The molecule has 0 spiro atoms. The number of rotatable bonds is 4. The van der Waals surface area contributed by atoms with Gasteiger partial charge in [0.1, 0.15) is 17.3 Å². The molecule has 0 bridgehead atoms. The average Bonchev–Trinajstić information content (AvgIpc) is 2.40. The van der Waals surface area contributed by atoms with E-state index in [0.717, 1.165) is 11.1 Å². The molecule has 2 aromatic carbocycles. The lowest BCUT2D eigenvalue weighted by atomic mass is 10.1. The molecule has 2 rings (SSSR count). The molecule has 0 radical (unpaired) electrons. The number of anilines is 1. The minimum Gasteiger partial charge on any atom is -0.366 e. The molecule has 0 aliphatic carbocycles. The average molecular weight is 276 g/mol. The van der Waals surface area contributed by atoms with E-state index in [0.29, 0.717) is 12.1 Å². The van der Waals surface area contributed by atoms with Gasteiger partial charge in [-0.1, -0.05) is 24.3 Å². The van der Waals surface area contributed by atoms with Crippen LogP contribution in [0.3, 0.4) is 0 Å². The van der Waals surface area contributed by atoms with Crippen LogP contribution in [0.25, 0.3) is 0 Å². The Bertz CT molecular complexity index is 588. The SMILES string of the molecule is Cc1ccccc1CN(C)c1c(F)cc(CN)cc1F. The molecule has 2 N–H and O–H groups in total. The highest BCUT2D eigenvalue weighted by Gasteiger charge is 2.15. The largest absolute Gasteiger partial charge is 0.366 e. The van der Waals surface area contributed by atoms with Crippen LogP contribution in [0.4, 0.5) is 14.5 Å². The minimum absolute atomic E-state index is 0.0227. The highest BCUT2D eigenvalue weighted by atomic mass is 19.1.